The zero-order chi connectivity index (χ0) is 22.8. The number of ether oxygens (including phenoxy) is 3. The molecule has 6 aliphatic rings. The number of aliphatic hydroxyl groups excluding tert-OH is 2. The van der Waals surface area contributed by atoms with Gasteiger partial charge in [-0.3, -0.25) is 4.90 Å². The van der Waals surface area contributed by atoms with Crippen LogP contribution in [0.1, 0.15) is 32.6 Å². The van der Waals surface area contributed by atoms with E-state index in [1.807, 2.05) is 0 Å². The molecule has 182 valence electrons. The zero-order valence-corrected chi connectivity index (χ0v) is 19.6. The van der Waals surface area contributed by atoms with Crippen LogP contribution in [-0.2, 0) is 14.2 Å². The largest absolute Gasteiger partial charge is 0.396 e. The third kappa shape index (κ3) is 1.96. The number of fused-ring (bicyclic) bond motifs is 2. The Morgan fingerprint density at radius 2 is 1.84 bits per heavy atom. The predicted octanol–water partition coefficient (Wildman–Crippen LogP) is -0.383. The summed E-state index contributed by atoms with van der Waals surface area (Å²) in [7, 11) is 4.99. The second-order valence-electron chi connectivity index (χ2n) is 11.6. The lowest BCUT2D eigenvalue weighted by molar-refractivity contribution is -0.318. The van der Waals surface area contributed by atoms with E-state index in [9.17, 15) is 20.4 Å². The van der Waals surface area contributed by atoms with E-state index < -0.39 is 40.2 Å². The molecule has 0 aromatic rings. The fourth-order valence-electron chi connectivity index (χ4n) is 10.7. The summed E-state index contributed by atoms with van der Waals surface area (Å²) in [5.41, 5.74) is -4.11. The monoisotopic (exact) mass is 453 g/mol. The minimum Gasteiger partial charge on any atom is -0.396 e. The van der Waals surface area contributed by atoms with Gasteiger partial charge in [0.05, 0.1) is 37.1 Å². The Hall–Kier alpha value is -0.320. The van der Waals surface area contributed by atoms with Gasteiger partial charge in [-0.05, 0) is 31.7 Å². The van der Waals surface area contributed by atoms with Crippen molar-refractivity contribution in [3.8, 4) is 0 Å². The Morgan fingerprint density at radius 1 is 1.09 bits per heavy atom. The van der Waals surface area contributed by atoms with Crippen molar-refractivity contribution in [2.24, 2.45) is 34.5 Å². The number of likely N-dealkylation sites (tertiary alicyclic amines) is 1. The van der Waals surface area contributed by atoms with Crippen molar-refractivity contribution in [2.75, 3.05) is 41.0 Å². The number of rotatable bonds is 5. The first-order valence-electron chi connectivity index (χ1n) is 12.3. The predicted molar refractivity (Wildman–Crippen MR) is 114 cm³/mol. The van der Waals surface area contributed by atoms with Gasteiger partial charge in [-0.2, -0.15) is 0 Å². The number of likely N-dealkylation sites (N-methyl/N-ethyl adjacent to an activating group) is 1. The van der Waals surface area contributed by atoms with Crippen molar-refractivity contribution >= 4 is 0 Å². The lowest BCUT2D eigenvalue weighted by Crippen LogP contribution is -2.82. The molecule has 32 heavy (non-hydrogen) atoms. The highest BCUT2D eigenvalue weighted by Crippen LogP contribution is 2.80. The van der Waals surface area contributed by atoms with Crippen LogP contribution in [0.25, 0.3) is 0 Å². The second-order valence-corrected chi connectivity index (χ2v) is 11.6. The molecule has 6 fully saturated rings. The van der Waals surface area contributed by atoms with Gasteiger partial charge in [0, 0.05) is 62.9 Å². The second kappa shape index (κ2) is 6.66. The molecule has 0 unspecified atom stereocenters. The number of hydrogen-bond acceptors (Lipinski definition) is 8. The lowest BCUT2D eigenvalue weighted by atomic mass is 9.42. The molecule has 8 heteroatoms. The summed E-state index contributed by atoms with van der Waals surface area (Å²) in [6.45, 7) is 3.46. The van der Waals surface area contributed by atoms with Crippen LogP contribution in [0.3, 0.4) is 0 Å². The number of hydrogen-bond donors (Lipinski definition) is 4. The molecule has 7 bridgehead atoms. The first-order chi connectivity index (χ1) is 15.3. The van der Waals surface area contributed by atoms with E-state index >= 15 is 0 Å². The van der Waals surface area contributed by atoms with Crippen LogP contribution < -0.4 is 0 Å². The third-order valence-electron chi connectivity index (χ3n) is 11.4. The van der Waals surface area contributed by atoms with Gasteiger partial charge in [-0.25, -0.2) is 0 Å². The molecule has 1 heterocycles. The first kappa shape index (κ1) is 22.2. The molecule has 5 saturated carbocycles. The Balaban J connectivity index is 1.69. The maximum atomic E-state index is 12.8. The maximum absolute atomic E-state index is 12.8. The van der Waals surface area contributed by atoms with Crippen LogP contribution in [0, 0.1) is 34.5 Å². The number of methoxy groups -OCH3 is 3. The number of nitrogens with zero attached hydrogens (tertiary/aromatic N) is 1. The molecule has 13 atom stereocenters. The number of piperidine rings is 1. The van der Waals surface area contributed by atoms with E-state index in [4.69, 9.17) is 14.2 Å². The standard InChI is InChI=1S/C24H39NO7/c1-5-25-10-21(11-26)7-6-15(31-3)23-13-8-12-14(30-2)9-22(28,16(13)17(12)27)24(29,20(23)25)19(32-4)18(21)23/h12-20,26-29H,5-11H2,1-4H3/t12-,13-,14+,15-,16-,17-,18+,19+,20-,21-,22-,23-,24+/m1/s1. The molecule has 0 aromatic heterocycles. The molecule has 8 nitrogen and oxygen atoms in total. The van der Waals surface area contributed by atoms with Gasteiger partial charge in [0.25, 0.3) is 0 Å². The van der Waals surface area contributed by atoms with Gasteiger partial charge >= 0.3 is 0 Å². The minimum atomic E-state index is -1.60. The van der Waals surface area contributed by atoms with Crippen LogP contribution in [0.2, 0.25) is 0 Å². The molecule has 4 N–H and O–H groups in total. The summed E-state index contributed by atoms with van der Waals surface area (Å²) in [6, 6.07) is -0.368. The van der Waals surface area contributed by atoms with Crippen LogP contribution in [0.5, 0.6) is 0 Å². The van der Waals surface area contributed by atoms with Crippen molar-refractivity contribution in [3.05, 3.63) is 0 Å². The normalized spacial score (nSPS) is 62.4. The Morgan fingerprint density at radius 3 is 2.44 bits per heavy atom. The van der Waals surface area contributed by atoms with Crippen molar-refractivity contribution in [1.82, 2.24) is 4.90 Å². The summed E-state index contributed by atoms with van der Waals surface area (Å²) in [5, 5.41) is 47.6. The van der Waals surface area contributed by atoms with E-state index in [-0.39, 0.29) is 49.0 Å². The highest BCUT2D eigenvalue weighted by molar-refractivity contribution is 5.41. The van der Waals surface area contributed by atoms with Crippen LogP contribution in [0.15, 0.2) is 0 Å². The summed E-state index contributed by atoms with van der Waals surface area (Å²) in [5.74, 6) is -0.749. The maximum Gasteiger partial charge on any atom is 0.136 e. The summed E-state index contributed by atoms with van der Waals surface area (Å²) >= 11 is 0. The van der Waals surface area contributed by atoms with E-state index in [2.05, 4.69) is 11.8 Å². The SMILES string of the molecule is CCN1C[C@@]2(CO)CC[C@@H](OC)[C@@]34[C@@H]5C[C@H]6[C@@H](O)[C@@H]5[C@](O)(C[C@@H]6OC)[C@@](O)([C@H]13)[C@@H](OC)[C@@H]24. The average molecular weight is 454 g/mol. The quantitative estimate of drug-likeness (QED) is 0.446. The summed E-state index contributed by atoms with van der Waals surface area (Å²) in [4.78, 5) is 2.28. The Kier molecular flexibility index (Phi) is 4.62. The van der Waals surface area contributed by atoms with E-state index in [0.29, 0.717) is 13.1 Å². The van der Waals surface area contributed by atoms with Crippen molar-refractivity contribution < 1.29 is 34.6 Å². The van der Waals surface area contributed by atoms with Gasteiger partial charge < -0.3 is 34.6 Å². The average Bonchev–Trinajstić information content (AvgIpc) is 3.15. The zero-order valence-electron chi connectivity index (χ0n) is 19.6. The molecular weight excluding hydrogens is 414 g/mol. The van der Waals surface area contributed by atoms with Crippen LogP contribution >= 0.6 is 0 Å². The van der Waals surface area contributed by atoms with E-state index in [0.717, 1.165) is 19.3 Å². The molecule has 6 rings (SSSR count). The minimum absolute atomic E-state index is 0.0114. The van der Waals surface area contributed by atoms with Gasteiger partial charge in [0.2, 0.25) is 0 Å². The van der Waals surface area contributed by atoms with Crippen molar-refractivity contribution in [2.45, 2.75) is 74.3 Å². The third-order valence-corrected chi connectivity index (χ3v) is 11.4. The van der Waals surface area contributed by atoms with Gasteiger partial charge in [0.15, 0.2) is 0 Å². The van der Waals surface area contributed by atoms with E-state index in [1.165, 1.54) is 0 Å². The van der Waals surface area contributed by atoms with E-state index in [1.54, 1.807) is 21.3 Å². The molecule has 5 aliphatic carbocycles. The van der Waals surface area contributed by atoms with Gasteiger partial charge in [0.1, 0.15) is 11.2 Å². The molecule has 0 radical (unpaired) electrons. The Bertz CT molecular complexity index is 798. The highest BCUT2D eigenvalue weighted by atomic mass is 16.5. The van der Waals surface area contributed by atoms with Gasteiger partial charge in [-0.15, -0.1) is 0 Å². The van der Waals surface area contributed by atoms with Crippen molar-refractivity contribution in [1.29, 1.82) is 0 Å². The Labute approximate surface area is 189 Å². The topological polar surface area (TPSA) is 112 Å². The first-order valence-corrected chi connectivity index (χ1v) is 12.3. The van der Waals surface area contributed by atoms with Crippen LogP contribution in [-0.4, -0.2) is 108 Å². The fraction of sp³-hybridized carbons (Fsp3) is 1.00. The molecule has 1 saturated heterocycles. The highest BCUT2D eigenvalue weighted by Gasteiger charge is 2.91. The summed E-state index contributed by atoms with van der Waals surface area (Å²) < 4.78 is 18.1. The van der Waals surface area contributed by atoms with Crippen molar-refractivity contribution in [3.63, 3.8) is 0 Å². The molecular formula is C24H39NO7. The number of aliphatic hydroxyl groups is 4. The smallest absolute Gasteiger partial charge is 0.136 e. The van der Waals surface area contributed by atoms with Gasteiger partial charge in [-0.1, -0.05) is 6.92 Å². The summed E-state index contributed by atoms with van der Waals surface area (Å²) in [6.07, 6.45) is 0.720. The molecule has 0 amide bonds. The fourth-order valence-corrected chi connectivity index (χ4v) is 10.7. The molecule has 1 spiro atoms. The lowest BCUT2D eigenvalue weighted by Gasteiger charge is -2.70. The molecule has 0 aromatic carbocycles. The van der Waals surface area contributed by atoms with Crippen LogP contribution in [0.4, 0.5) is 0 Å². The molecule has 1 aliphatic heterocycles.